The molecule has 0 N–H and O–H groups in total. The Morgan fingerprint density at radius 1 is 1.21 bits per heavy atom. The van der Waals surface area contributed by atoms with Gasteiger partial charge in [-0.2, -0.15) is 0 Å². The SMILES string of the molecule is CCC1(CN(C)C)CCC(=Cc2ccc(OC)c(OC)c2)C1=O.Cl. The fourth-order valence-corrected chi connectivity index (χ4v) is 3.43. The van der Waals surface area contributed by atoms with Crippen molar-refractivity contribution >= 4 is 24.3 Å². The number of allylic oxidation sites excluding steroid dienone is 1. The first kappa shape index (κ1) is 20.5. The molecule has 0 aliphatic heterocycles. The molecule has 1 atom stereocenters. The predicted octanol–water partition coefficient (Wildman–Crippen LogP) is 3.83. The van der Waals surface area contributed by atoms with E-state index >= 15 is 0 Å². The van der Waals surface area contributed by atoms with E-state index in [4.69, 9.17) is 9.47 Å². The Kier molecular flexibility index (Phi) is 7.30. The number of methoxy groups -OCH3 is 2. The first-order valence-electron chi connectivity index (χ1n) is 8.08. The van der Waals surface area contributed by atoms with E-state index in [9.17, 15) is 4.79 Å². The zero-order valence-electron chi connectivity index (χ0n) is 15.2. The van der Waals surface area contributed by atoms with Gasteiger partial charge in [0.05, 0.1) is 14.2 Å². The second kappa shape index (κ2) is 8.54. The Bertz CT molecular complexity index is 613. The molecule has 134 valence electrons. The van der Waals surface area contributed by atoms with Crippen LogP contribution in [-0.4, -0.2) is 45.5 Å². The molecule has 1 fully saturated rings. The molecular formula is C19H28ClNO3. The van der Waals surface area contributed by atoms with Crippen molar-refractivity contribution in [3.8, 4) is 11.5 Å². The summed E-state index contributed by atoms with van der Waals surface area (Å²) in [6, 6.07) is 5.74. The number of carbonyl (C=O) groups excluding carboxylic acids is 1. The smallest absolute Gasteiger partial charge is 0.166 e. The average Bonchev–Trinajstić information content (AvgIpc) is 2.84. The largest absolute Gasteiger partial charge is 0.493 e. The molecule has 0 saturated heterocycles. The molecule has 1 unspecified atom stereocenters. The van der Waals surface area contributed by atoms with Crippen molar-refractivity contribution in [3.63, 3.8) is 0 Å². The van der Waals surface area contributed by atoms with Gasteiger partial charge >= 0.3 is 0 Å². The lowest BCUT2D eigenvalue weighted by Gasteiger charge is -2.28. The number of ketones is 1. The summed E-state index contributed by atoms with van der Waals surface area (Å²) in [6.07, 6.45) is 4.65. The Hall–Kier alpha value is -1.52. The van der Waals surface area contributed by atoms with Crippen LogP contribution in [0.5, 0.6) is 11.5 Å². The van der Waals surface area contributed by atoms with Crippen LogP contribution in [-0.2, 0) is 4.79 Å². The first-order chi connectivity index (χ1) is 11.0. The fourth-order valence-electron chi connectivity index (χ4n) is 3.43. The first-order valence-corrected chi connectivity index (χ1v) is 8.08. The van der Waals surface area contributed by atoms with Crippen molar-refractivity contribution < 1.29 is 14.3 Å². The highest BCUT2D eigenvalue weighted by Gasteiger charge is 2.43. The van der Waals surface area contributed by atoms with E-state index in [1.165, 1.54) is 0 Å². The number of hydrogen-bond donors (Lipinski definition) is 0. The third kappa shape index (κ3) is 4.11. The van der Waals surface area contributed by atoms with Gasteiger partial charge in [-0.3, -0.25) is 4.79 Å². The lowest BCUT2D eigenvalue weighted by molar-refractivity contribution is -0.123. The van der Waals surface area contributed by atoms with Gasteiger partial charge in [-0.25, -0.2) is 0 Å². The van der Waals surface area contributed by atoms with Crippen LogP contribution in [0, 0.1) is 5.41 Å². The monoisotopic (exact) mass is 353 g/mol. The van der Waals surface area contributed by atoms with Crippen LogP contribution in [0.15, 0.2) is 23.8 Å². The summed E-state index contributed by atoms with van der Waals surface area (Å²) < 4.78 is 10.6. The van der Waals surface area contributed by atoms with Crippen molar-refractivity contribution in [1.29, 1.82) is 0 Å². The number of ether oxygens (including phenoxy) is 2. The van der Waals surface area contributed by atoms with Crippen LogP contribution in [0.4, 0.5) is 0 Å². The van der Waals surface area contributed by atoms with Crippen LogP contribution in [0.2, 0.25) is 0 Å². The van der Waals surface area contributed by atoms with E-state index in [1.807, 2.05) is 38.4 Å². The molecule has 5 heteroatoms. The Balaban J connectivity index is 0.00000288. The number of halogens is 1. The standard InChI is InChI=1S/C19H27NO3.ClH/c1-6-19(13-20(2)3)10-9-15(18(19)21)11-14-7-8-16(22-4)17(12-14)23-5;/h7-8,11-12H,6,9-10,13H2,1-5H3;1H. The lowest BCUT2D eigenvalue weighted by atomic mass is 9.81. The minimum absolute atomic E-state index is 0. The molecule has 0 spiro atoms. The van der Waals surface area contributed by atoms with E-state index in [-0.39, 0.29) is 17.8 Å². The maximum atomic E-state index is 12.9. The molecule has 1 aromatic carbocycles. The minimum Gasteiger partial charge on any atom is -0.493 e. The molecule has 0 aromatic heterocycles. The summed E-state index contributed by atoms with van der Waals surface area (Å²) in [4.78, 5) is 15.0. The zero-order valence-corrected chi connectivity index (χ0v) is 16.0. The number of carbonyl (C=O) groups is 1. The highest BCUT2D eigenvalue weighted by molar-refractivity contribution is 6.05. The van der Waals surface area contributed by atoms with Gasteiger partial charge in [0.1, 0.15) is 0 Å². The van der Waals surface area contributed by atoms with Gasteiger partial charge < -0.3 is 14.4 Å². The number of hydrogen-bond acceptors (Lipinski definition) is 4. The lowest BCUT2D eigenvalue weighted by Crippen LogP contribution is -2.36. The molecular weight excluding hydrogens is 326 g/mol. The Morgan fingerprint density at radius 3 is 2.42 bits per heavy atom. The van der Waals surface area contributed by atoms with Crippen molar-refractivity contribution in [2.75, 3.05) is 34.9 Å². The van der Waals surface area contributed by atoms with Crippen LogP contribution in [0.1, 0.15) is 31.7 Å². The number of Topliss-reactive ketones (excluding diaryl/α,β-unsaturated/α-hetero) is 1. The zero-order chi connectivity index (χ0) is 17.0. The molecule has 1 aliphatic rings. The molecule has 2 rings (SSSR count). The van der Waals surface area contributed by atoms with Crippen molar-refractivity contribution in [2.45, 2.75) is 26.2 Å². The molecule has 4 nitrogen and oxygen atoms in total. The van der Waals surface area contributed by atoms with Crippen LogP contribution >= 0.6 is 12.4 Å². The molecule has 0 bridgehead atoms. The van der Waals surface area contributed by atoms with Gasteiger partial charge in [0.15, 0.2) is 17.3 Å². The normalized spacial score (nSPS) is 21.9. The van der Waals surface area contributed by atoms with Crippen LogP contribution in [0.3, 0.4) is 0 Å². The summed E-state index contributed by atoms with van der Waals surface area (Å²) in [5, 5.41) is 0. The quantitative estimate of drug-likeness (QED) is 0.728. The highest BCUT2D eigenvalue weighted by atomic mass is 35.5. The Labute approximate surface area is 151 Å². The number of rotatable bonds is 6. The molecule has 1 aromatic rings. The van der Waals surface area contributed by atoms with Crippen LogP contribution in [0.25, 0.3) is 6.08 Å². The predicted molar refractivity (Wildman–Crippen MR) is 100 cm³/mol. The van der Waals surface area contributed by atoms with Gasteiger partial charge in [-0.05, 0) is 62.7 Å². The highest BCUT2D eigenvalue weighted by Crippen LogP contribution is 2.42. The van der Waals surface area contributed by atoms with E-state index in [0.717, 1.165) is 36.9 Å². The fraction of sp³-hybridized carbons (Fsp3) is 0.526. The van der Waals surface area contributed by atoms with Crippen molar-refractivity contribution in [1.82, 2.24) is 4.90 Å². The molecule has 24 heavy (non-hydrogen) atoms. The average molecular weight is 354 g/mol. The third-order valence-corrected chi connectivity index (χ3v) is 4.69. The molecule has 1 aliphatic carbocycles. The Morgan fingerprint density at radius 2 is 1.88 bits per heavy atom. The maximum Gasteiger partial charge on any atom is 0.166 e. The summed E-state index contributed by atoms with van der Waals surface area (Å²) >= 11 is 0. The summed E-state index contributed by atoms with van der Waals surface area (Å²) in [5.74, 6) is 1.67. The summed E-state index contributed by atoms with van der Waals surface area (Å²) in [7, 11) is 7.30. The molecule has 0 amide bonds. The van der Waals surface area contributed by atoms with E-state index in [0.29, 0.717) is 17.3 Å². The topological polar surface area (TPSA) is 38.8 Å². The molecule has 0 heterocycles. The van der Waals surface area contributed by atoms with Gasteiger partial charge in [0, 0.05) is 12.0 Å². The number of nitrogens with zero attached hydrogens (tertiary/aromatic N) is 1. The summed E-state index contributed by atoms with van der Waals surface area (Å²) in [5.41, 5.74) is 1.66. The van der Waals surface area contributed by atoms with Crippen LogP contribution < -0.4 is 9.47 Å². The maximum absolute atomic E-state index is 12.9. The van der Waals surface area contributed by atoms with E-state index in [2.05, 4.69) is 11.8 Å². The minimum atomic E-state index is -0.230. The molecule has 1 saturated carbocycles. The molecule has 0 radical (unpaired) electrons. The van der Waals surface area contributed by atoms with E-state index in [1.54, 1.807) is 14.2 Å². The summed E-state index contributed by atoms with van der Waals surface area (Å²) in [6.45, 7) is 2.92. The van der Waals surface area contributed by atoms with Crippen molar-refractivity contribution in [2.24, 2.45) is 5.41 Å². The van der Waals surface area contributed by atoms with Gasteiger partial charge in [0.2, 0.25) is 0 Å². The van der Waals surface area contributed by atoms with Gasteiger partial charge in [-0.15, -0.1) is 12.4 Å². The van der Waals surface area contributed by atoms with Crippen molar-refractivity contribution in [3.05, 3.63) is 29.3 Å². The number of benzene rings is 1. The van der Waals surface area contributed by atoms with Gasteiger partial charge in [0.25, 0.3) is 0 Å². The second-order valence-electron chi connectivity index (χ2n) is 6.48. The second-order valence-corrected chi connectivity index (χ2v) is 6.48. The van der Waals surface area contributed by atoms with Gasteiger partial charge in [-0.1, -0.05) is 13.0 Å². The van der Waals surface area contributed by atoms with E-state index < -0.39 is 0 Å². The third-order valence-electron chi connectivity index (χ3n) is 4.69.